The quantitative estimate of drug-likeness (QED) is 0.276. The molecule has 2 N–H and O–H groups in total. The van der Waals surface area contributed by atoms with Crippen molar-refractivity contribution in [1.29, 1.82) is 0 Å². The molecule has 3 amide bonds. The first-order valence-electron chi connectivity index (χ1n) is 12.7. The van der Waals surface area contributed by atoms with E-state index in [1.54, 1.807) is 23.1 Å². The summed E-state index contributed by atoms with van der Waals surface area (Å²) < 4.78 is 0. The van der Waals surface area contributed by atoms with E-state index >= 15 is 0 Å². The summed E-state index contributed by atoms with van der Waals surface area (Å²) in [5.74, 6) is -0.930. The predicted molar refractivity (Wildman–Crippen MR) is 149 cm³/mol. The van der Waals surface area contributed by atoms with E-state index in [1.807, 2.05) is 69.3 Å². The van der Waals surface area contributed by atoms with Crippen LogP contribution in [0.2, 0.25) is 0 Å². The maximum atomic E-state index is 13.8. The van der Waals surface area contributed by atoms with Gasteiger partial charge in [0.25, 0.3) is 11.8 Å². The highest BCUT2D eigenvalue weighted by molar-refractivity contribution is 6.01. The number of benzene rings is 2. The zero-order valence-corrected chi connectivity index (χ0v) is 21.9. The molecule has 2 unspecified atom stereocenters. The number of hydrogen-bond donors (Lipinski definition) is 2. The van der Waals surface area contributed by atoms with Crippen LogP contribution in [0.4, 0.5) is 0 Å². The van der Waals surface area contributed by atoms with Gasteiger partial charge in [-0.2, -0.15) is 5.10 Å². The lowest BCUT2D eigenvalue weighted by molar-refractivity contribution is -0.139. The SMILES string of the molecule is C=C/C=C\C(=C/C)CC(NC(=O)c1ccc2ccccc2c1)C(=O)N1CCCC1C(=O)N/N=C(\C)CC. The number of nitrogens with one attached hydrogen (secondary N) is 2. The van der Waals surface area contributed by atoms with Crippen LogP contribution < -0.4 is 10.7 Å². The first-order valence-corrected chi connectivity index (χ1v) is 12.7. The lowest BCUT2D eigenvalue weighted by Gasteiger charge is -2.28. The number of allylic oxidation sites excluding steroid dienone is 4. The van der Waals surface area contributed by atoms with Crippen LogP contribution in [0, 0.1) is 0 Å². The Kier molecular flexibility index (Phi) is 9.95. The second-order valence-electron chi connectivity index (χ2n) is 9.12. The Morgan fingerprint density at radius 2 is 1.95 bits per heavy atom. The van der Waals surface area contributed by atoms with Gasteiger partial charge in [-0.15, -0.1) is 0 Å². The molecule has 1 aliphatic heterocycles. The van der Waals surface area contributed by atoms with Gasteiger partial charge in [-0.05, 0) is 61.6 Å². The molecule has 0 bridgehead atoms. The molecular weight excluding hydrogens is 464 g/mol. The second-order valence-corrected chi connectivity index (χ2v) is 9.12. The highest BCUT2D eigenvalue weighted by atomic mass is 16.2. The fourth-order valence-electron chi connectivity index (χ4n) is 4.29. The van der Waals surface area contributed by atoms with Gasteiger partial charge in [0.2, 0.25) is 5.91 Å². The maximum absolute atomic E-state index is 13.8. The highest BCUT2D eigenvalue weighted by Gasteiger charge is 2.38. The van der Waals surface area contributed by atoms with Crippen molar-refractivity contribution in [3.05, 3.63) is 84.5 Å². The minimum absolute atomic E-state index is 0.283. The molecule has 0 radical (unpaired) electrons. The van der Waals surface area contributed by atoms with Crippen molar-refractivity contribution in [2.24, 2.45) is 5.10 Å². The average molecular weight is 501 g/mol. The van der Waals surface area contributed by atoms with E-state index < -0.39 is 12.1 Å². The van der Waals surface area contributed by atoms with Crippen molar-refractivity contribution < 1.29 is 14.4 Å². The van der Waals surface area contributed by atoms with Gasteiger partial charge in [0, 0.05) is 24.2 Å². The molecule has 1 fully saturated rings. The van der Waals surface area contributed by atoms with Crippen molar-refractivity contribution in [3.8, 4) is 0 Å². The molecule has 1 heterocycles. The minimum atomic E-state index is -0.839. The number of fused-ring (bicyclic) bond motifs is 1. The first kappa shape index (κ1) is 27.6. The number of rotatable bonds is 10. The van der Waals surface area contributed by atoms with Gasteiger partial charge >= 0.3 is 0 Å². The van der Waals surface area contributed by atoms with E-state index in [2.05, 4.69) is 22.4 Å². The van der Waals surface area contributed by atoms with Crippen molar-refractivity contribution in [2.45, 2.75) is 58.5 Å². The molecule has 0 aromatic heterocycles. The molecule has 3 rings (SSSR count). The number of nitrogens with zero attached hydrogens (tertiary/aromatic N) is 2. The van der Waals surface area contributed by atoms with Crippen molar-refractivity contribution >= 4 is 34.2 Å². The van der Waals surface area contributed by atoms with Crippen molar-refractivity contribution in [1.82, 2.24) is 15.6 Å². The number of carbonyl (C=O) groups excluding carboxylic acids is 3. The fourth-order valence-corrected chi connectivity index (χ4v) is 4.29. The molecule has 7 nitrogen and oxygen atoms in total. The number of hydrogen-bond acceptors (Lipinski definition) is 4. The van der Waals surface area contributed by atoms with Crippen molar-refractivity contribution in [2.75, 3.05) is 6.54 Å². The summed E-state index contributed by atoms with van der Waals surface area (Å²) in [6.07, 6.45) is 9.49. The summed E-state index contributed by atoms with van der Waals surface area (Å²) in [6.45, 7) is 9.84. The lowest BCUT2D eigenvalue weighted by atomic mass is 10.0. The Morgan fingerprint density at radius 1 is 1.19 bits per heavy atom. The van der Waals surface area contributed by atoms with Crippen LogP contribution in [0.5, 0.6) is 0 Å². The van der Waals surface area contributed by atoms with Crippen LogP contribution in [0.15, 0.2) is 84.0 Å². The maximum Gasteiger partial charge on any atom is 0.262 e. The van der Waals surface area contributed by atoms with E-state index in [1.165, 1.54) is 0 Å². The smallest absolute Gasteiger partial charge is 0.262 e. The topological polar surface area (TPSA) is 90.9 Å². The van der Waals surface area contributed by atoms with Gasteiger partial charge in [-0.3, -0.25) is 14.4 Å². The third kappa shape index (κ3) is 7.26. The minimum Gasteiger partial charge on any atom is -0.340 e. The standard InChI is InChI=1S/C30H36N4O3/c1-5-8-12-22(7-3)19-26(31-28(35)25-17-16-23-13-9-10-14-24(23)20-25)30(37)34-18-11-15-27(34)29(36)33-32-21(4)6-2/h5,7-10,12-14,16-17,20,26-27H,1,6,11,15,18-19H2,2-4H3,(H,31,35)(H,33,36)/b12-8-,22-7+,32-21+. The van der Waals surface area contributed by atoms with Crippen LogP contribution in [-0.4, -0.2) is 47.0 Å². The third-order valence-electron chi connectivity index (χ3n) is 6.58. The van der Waals surface area contributed by atoms with Crippen LogP contribution in [0.25, 0.3) is 10.8 Å². The largest absolute Gasteiger partial charge is 0.340 e. The molecule has 2 atom stereocenters. The van der Waals surface area contributed by atoms with Crippen LogP contribution in [-0.2, 0) is 9.59 Å². The summed E-state index contributed by atoms with van der Waals surface area (Å²) in [7, 11) is 0. The molecule has 0 spiro atoms. The van der Waals surface area contributed by atoms with Crippen LogP contribution in [0.3, 0.4) is 0 Å². The Bertz CT molecular complexity index is 1240. The second kappa shape index (κ2) is 13.3. The number of amides is 3. The van der Waals surface area contributed by atoms with Gasteiger partial charge in [-0.25, -0.2) is 5.43 Å². The average Bonchev–Trinajstić information content (AvgIpc) is 3.42. The zero-order chi connectivity index (χ0) is 26.8. The summed E-state index contributed by atoms with van der Waals surface area (Å²) in [5, 5.41) is 9.04. The predicted octanol–water partition coefficient (Wildman–Crippen LogP) is 4.91. The number of likely N-dealkylation sites (tertiary alicyclic amines) is 1. The molecule has 194 valence electrons. The summed E-state index contributed by atoms with van der Waals surface area (Å²) in [6, 6.07) is 11.8. The molecule has 1 saturated heterocycles. The monoisotopic (exact) mass is 500 g/mol. The molecule has 2 aromatic rings. The Labute approximate surface area is 219 Å². The molecular formula is C30H36N4O3. The lowest BCUT2D eigenvalue weighted by Crippen LogP contribution is -2.53. The Hall–Kier alpha value is -4.00. The zero-order valence-electron chi connectivity index (χ0n) is 21.9. The normalized spacial score (nSPS) is 17.2. The fraction of sp³-hybridized carbons (Fsp3) is 0.333. The molecule has 2 aromatic carbocycles. The van der Waals surface area contributed by atoms with Gasteiger partial charge in [0.05, 0.1) is 0 Å². The molecule has 0 saturated carbocycles. The Balaban J connectivity index is 1.85. The third-order valence-corrected chi connectivity index (χ3v) is 6.58. The van der Waals surface area contributed by atoms with Gasteiger partial charge < -0.3 is 10.2 Å². The summed E-state index contributed by atoms with van der Waals surface area (Å²) >= 11 is 0. The van der Waals surface area contributed by atoms with E-state index in [-0.39, 0.29) is 24.1 Å². The van der Waals surface area contributed by atoms with E-state index in [9.17, 15) is 14.4 Å². The van der Waals surface area contributed by atoms with Gasteiger partial charge in [0.15, 0.2) is 0 Å². The van der Waals surface area contributed by atoms with E-state index in [0.29, 0.717) is 24.9 Å². The highest BCUT2D eigenvalue weighted by Crippen LogP contribution is 2.22. The van der Waals surface area contributed by atoms with Crippen LogP contribution in [0.1, 0.15) is 56.8 Å². The molecule has 7 heteroatoms. The van der Waals surface area contributed by atoms with E-state index in [4.69, 9.17) is 0 Å². The molecule has 37 heavy (non-hydrogen) atoms. The number of hydrazone groups is 1. The number of carbonyl (C=O) groups is 3. The van der Waals surface area contributed by atoms with Crippen molar-refractivity contribution in [3.63, 3.8) is 0 Å². The summed E-state index contributed by atoms with van der Waals surface area (Å²) in [4.78, 5) is 41.5. The van der Waals surface area contributed by atoms with E-state index in [0.717, 1.165) is 28.5 Å². The molecule has 0 aliphatic carbocycles. The molecule has 1 aliphatic rings. The first-order chi connectivity index (χ1) is 17.9. The Morgan fingerprint density at radius 3 is 2.65 bits per heavy atom. The van der Waals surface area contributed by atoms with Crippen LogP contribution >= 0.6 is 0 Å². The van der Waals surface area contributed by atoms with Gasteiger partial charge in [0.1, 0.15) is 12.1 Å². The van der Waals surface area contributed by atoms with Gasteiger partial charge in [-0.1, -0.05) is 68.1 Å². The summed E-state index contributed by atoms with van der Waals surface area (Å²) in [5.41, 5.74) is 4.75.